The van der Waals surface area contributed by atoms with Crippen molar-refractivity contribution >= 4 is 5.97 Å². The van der Waals surface area contributed by atoms with E-state index in [1.807, 2.05) is 13.0 Å². The number of carbonyl (C=O) groups excluding carboxylic acids is 1. The molecule has 0 bridgehead atoms. The average molecular weight is 192 g/mol. The SMILES string of the molecule is C=C(CC#N)C(=O)OCC(C#N)CC. The fourth-order valence-electron chi connectivity index (χ4n) is 0.692. The molecule has 0 aromatic heterocycles. The predicted octanol–water partition coefficient (Wildman–Crippen LogP) is 1.55. The number of nitrogens with zero attached hydrogens (tertiary/aromatic N) is 2. The van der Waals surface area contributed by atoms with Gasteiger partial charge in [0, 0.05) is 5.57 Å². The van der Waals surface area contributed by atoms with Crippen LogP contribution in [0.1, 0.15) is 19.8 Å². The van der Waals surface area contributed by atoms with Crippen molar-refractivity contribution < 1.29 is 9.53 Å². The molecule has 0 amide bonds. The van der Waals surface area contributed by atoms with Crippen LogP contribution in [0, 0.1) is 28.6 Å². The van der Waals surface area contributed by atoms with Gasteiger partial charge in [-0.05, 0) is 6.42 Å². The van der Waals surface area contributed by atoms with Crippen molar-refractivity contribution in [3.63, 3.8) is 0 Å². The summed E-state index contributed by atoms with van der Waals surface area (Å²) < 4.78 is 4.79. The van der Waals surface area contributed by atoms with Gasteiger partial charge in [0.15, 0.2) is 0 Å². The van der Waals surface area contributed by atoms with Crippen molar-refractivity contribution in [3.8, 4) is 12.1 Å². The Kier molecular flexibility index (Phi) is 5.82. The van der Waals surface area contributed by atoms with Crippen LogP contribution in [0.3, 0.4) is 0 Å². The topological polar surface area (TPSA) is 73.9 Å². The lowest BCUT2D eigenvalue weighted by Gasteiger charge is -2.07. The Morgan fingerprint density at radius 2 is 2.21 bits per heavy atom. The van der Waals surface area contributed by atoms with Crippen molar-refractivity contribution in [2.75, 3.05) is 6.61 Å². The smallest absolute Gasteiger partial charge is 0.334 e. The Bertz CT molecular complexity index is 296. The van der Waals surface area contributed by atoms with Crippen LogP contribution in [0.4, 0.5) is 0 Å². The van der Waals surface area contributed by atoms with Crippen LogP contribution < -0.4 is 0 Å². The molecule has 4 heteroatoms. The van der Waals surface area contributed by atoms with E-state index in [4.69, 9.17) is 15.3 Å². The molecule has 0 aliphatic heterocycles. The molecular formula is C10H12N2O2. The highest BCUT2D eigenvalue weighted by molar-refractivity contribution is 5.88. The van der Waals surface area contributed by atoms with Gasteiger partial charge in [0.1, 0.15) is 6.61 Å². The molecule has 0 aliphatic rings. The molecular weight excluding hydrogens is 180 g/mol. The summed E-state index contributed by atoms with van der Waals surface area (Å²) in [5.74, 6) is -0.880. The van der Waals surface area contributed by atoms with Crippen LogP contribution >= 0.6 is 0 Å². The maximum absolute atomic E-state index is 11.1. The van der Waals surface area contributed by atoms with Gasteiger partial charge in [0.2, 0.25) is 0 Å². The van der Waals surface area contributed by atoms with Crippen LogP contribution in [0.15, 0.2) is 12.2 Å². The second kappa shape index (κ2) is 6.68. The molecule has 0 fully saturated rings. The highest BCUT2D eigenvalue weighted by atomic mass is 16.5. The predicted molar refractivity (Wildman–Crippen MR) is 49.7 cm³/mol. The summed E-state index contributed by atoms with van der Waals surface area (Å²) in [6.07, 6.45) is 0.594. The molecule has 0 saturated carbocycles. The van der Waals surface area contributed by atoms with E-state index in [1.54, 1.807) is 6.07 Å². The summed E-state index contributed by atoms with van der Waals surface area (Å²) >= 11 is 0. The van der Waals surface area contributed by atoms with E-state index in [-0.39, 0.29) is 24.5 Å². The second-order valence-corrected chi connectivity index (χ2v) is 2.77. The number of ether oxygens (including phenoxy) is 1. The molecule has 0 saturated heterocycles. The number of esters is 1. The van der Waals surface area contributed by atoms with Gasteiger partial charge in [-0.25, -0.2) is 4.79 Å². The third-order valence-corrected chi connectivity index (χ3v) is 1.67. The molecule has 0 N–H and O–H groups in total. The third kappa shape index (κ3) is 4.27. The van der Waals surface area contributed by atoms with Crippen LogP contribution in [0.5, 0.6) is 0 Å². The van der Waals surface area contributed by atoms with Gasteiger partial charge < -0.3 is 4.74 Å². The lowest BCUT2D eigenvalue weighted by Crippen LogP contribution is -2.13. The maximum atomic E-state index is 11.1. The molecule has 0 rings (SSSR count). The highest BCUT2D eigenvalue weighted by Crippen LogP contribution is 2.05. The van der Waals surface area contributed by atoms with E-state index in [0.29, 0.717) is 6.42 Å². The number of hydrogen-bond donors (Lipinski definition) is 0. The fourth-order valence-corrected chi connectivity index (χ4v) is 0.692. The van der Waals surface area contributed by atoms with Crippen molar-refractivity contribution in [2.45, 2.75) is 19.8 Å². The number of carbonyl (C=O) groups is 1. The maximum Gasteiger partial charge on any atom is 0.334 e. The van der Waals surface area contributed by atoms with Crippen molar-refractivity contribution in [3.05, 3.63) is 12.2 Å². The Balaban J connectivity index is 3.92. The Morgan fingerprint density at radius 1 is 1.57 bits per heavy atom. The minimum Gasteiger partial charge on any atom is -0.461 e. The Morgan fingerprint density at radius 3 is 2.64 bits per heavy atom. The molecule has 4 nitrogen and oxygen atoms in total. The van der Waals surface area contributed by atoms with E-state index in [0.717, 1.165) is 0 Å². The van der Waals surface area contributed by atoms with Crippen LogP contribution in [-0.2, 0) is 9.53 Å². The molecule has 0 radical (unpaired) electrons. The molecule has 0 aromatic rings. The summed E-state index contributed by atoms with van der Waals surface area (Å²) in [5, 5.41) is 16.8. The standard InChI is InChI=1S/C10H12N2O2/c1-3-9(6-12)7-14-10(13)8(2)4-5-11/h9H,2-4,7H2,1H3. The average Bonchev–Trinajstić information content (AvgIpc) is 2.19. The number of hydrogen-bond acceptors (Lipinski definition) is 4. The van der Waals surface area contributed by atoms with Crippen molar-refractivity contribution in [1.82, 2.24) is 0 Å². The molecule has 1 unspecified atom stereocenters. The van der Waals surface area contributed by atoms with E-state index >= 15 is 0 Å². The molecule has 14 heavy (non-hydrogen) atoms. The zero-order chi connectivity index (χ0) is 11.0. The number of rotatable bonds is 5. The van der Waals surface area contributed by atoms with Gasteiger partial charge in [-0.3, -0.25) is 0 Å². The Hall–Kier alpha value is -1.81. The quantitative estimate of drug-likeness (QED) is 0.489. The number of nitriles is 2. The lowest BCUT2D eigenvalue weighted by molar-refractivity contribution is -0.139. The van der Waals surface area contributed by atoms with E-state index in [1.165, 1.54) is 0 Å². The lowest BCUT2D eigenvalue weighted by atomic mass is 10.1. The third-order valence-electron chi connectivity index (χ3n) is 1.67. The molecule has 0 aliphatic carbocycles. The van der Waals surface area contributed by atoms with Crippen LogP contribution in [-0.4, -0.2) is 12.6 Å². The van der Waals surface area contributed by atoms with Gasteiger partial charge in [-0.1, -0.05) is 13.5 Å². The molecule has 1 atom stereocenters. The molecule has 0 aromatic carbocycles. The first-order valence-electron chi connectivity index (χ1n) is 4.27. The van der Waals surface area contributed by atoms with Gasteiger partial charge in [-0.2, -0.15) is 10.5 Å². The second-order valence-electron chi connectivity index (χ2n) is 2.77. The first kappa shape index (κ1) is 12.2. The first-order chi connectivity index (χ1) is 6.65. The summed E-state index contributed by atoms with van der Waals surface area (Å²) in [4.78, 5) is 11.1. The largest absolute Gasteiger partial charge is 0.461 e. The minimum absolute atomic E-state index is 0.0395. The van der Waals surface area contributed by atoms with E-state index in [9.17, 15) is 4.79 Å². The summed E-state index contributed by atoms with van der Waals surface area (Å²) in [7, 11) is 0. The minimum atomic E-state index is -0.597. The monoisotopic (exact) mass is 192 g/mol. The van der Waals surface area contributed by atoms with E-state index < -0.39 is 5.97 Å². The van der Waals surface area contributed by atoms with Gasteiger partial charge in [0.05, 0.1) is 24.5 Å². The Labute approximate surface area is 83.4 Å². The summed E-state index contributed by atoms with van der Waals surface area (Å²) in [6.45, 7) is 5.30. The van der Waals surface area contributed by atoms with Crippen LogP contribution in [0.25, 0.3) is 0 Å². The molecule has 0 spiro atoms. The van der Waals surface area contributed by atoms with Gasteiger partial charge in [-0.15, -0.1) is 0 Å². The van der Waals surface area contributed by atoms with E-state index in [2.05, 4.69) is 6.58 Å². The van der Waals surface area contributed by atoms with Crippen molar-refractivity contribution in [2.24, 2.45) is 5.92 Å². The van der Waals surface area contributed by atoms with Crippen LogP contribution in [0.2, 0.25) is 0 Å². The zero-order valence-corrected chi connectivity index (χ0v) is 8.12. The van der Waals surface area contributed by atoms with Gasteiger partial charge >= 0.3 is 5.97 Å². The molecule has 74 valence electrons. The summed E-state index contributed by atoms with van der Waals surface area (Å²) in [6, 6.07) is 3.80. The molecule has 0 heterocycles. The fraction of sp³-hybridized carbons (Fsp3) is 0.500. The van der Waals surface area contributed by atoms with Crippen molar-refractivity contribution in [1.29, 1.82) is 10.5 Å². The van der Waals surface area contributed by atoms with Gasteiger partial charge in [0.25, 0.3) is 0 Å². The first-order valence-corrected chi connectivity index (χ1v) is 4.27. The normalized spacial score (nSPS) is 10.8. The highest BCUT2D eigenvalue weighted by Gasteiger charge is 2.11. The summed E-state index contributed by atoms with van der Waals surface area (Å²) in [5.41, 5.74) is 0.125. The zero-order valence-electron chi connectivity index (χ0n) is 8.12.